The Morgan fingerprint density at radius 3 is 2.40 bits per heavy atom. The SMILES string of the molecule is CC(Nc1cc(Br)ccc1C#N)c1cc(F)cc(F)c1. The van der Waals surface area contributed by atoms with E-state index in [2.05, 4.69) is 27.3 Å². The maximum absolute atomic E-state index is 13.2. The minimum atomic E-state index is -0.622. The zero-order valence-electron chi connectivity index (χ0n) is 10.6. The van der Waals surface area contributed by atoms with Gasteiger partial charge in [-0.15, -0.1) is 0 Å². The summed E-state index contributed by atoms with van der Waals surface area (Å²) in [5.74, 6) is -1.24. The van der Waals surface area contributed by atoms with Gasteiger partial charge in [-0.25, -0.2) is 8.78 Å². The van der Waals surface area contributed by atoms with E-state index in [0.717, 1.165) is 10.5 Å². The molecule has 1 unspecified atom stereocenters. The van der Waals surface area contributed by atoms with Gasteiger partial charge in [-0.1, -0.05) is 15.9 Å². The van der Waals surface area contributed by atoms with Crippen LogP contribution >= 0.6 is 15.9 Å². The van der Waals surface area contributed by atoms with Crippen LogP contribution in [0.4, 0.5) is 14.5 Å². The fourth-order valence-corrected chi connectivity index (χ4v) is 2.24. The Bertz CT molecular complexity index is 660. The summed E-state index contributed by atoms with van der Waals surface area (Å²) in [5.41, 5.74) is 1.56. The quantitative estimate of drug-likeness (QED) is 0.876. The fraction of sp³-hybridized carbons (Fsp3) is 0.133. The molecule has 0 spiro atoms. The van der Waals surface area contributed by atoms with E-state index in [1.807, 2.05) is 0 Å². The Kier molecular flexibility index (Phi) is 4.35. The molecule has 20 heavy (non-hydrogen) atoms. The first kappa shape index (κ1) is 14.5. The van der Waals surface area contributed by atoms with E-state index in [-0.39, 0.29) is 6.04 Å². The van der Waals surface area contributed by atoms with Crippen LogP contribution in [0.2, 0.25) is 0 Å². The molecule has 2 rings (SSSR count). The van der Waals surface area contributed by atoms with Crippen LogP contribution in [0.3, 0.4) is 0 Å². The number of nitrogens with one attached hydrogen (secondary N) is 1. The molecule has 0 aliphatic carbocycles. The van der Waals surface area contributed by atoms with Crippen molar-refractivity contribution in [2.24, 2.45) is 0 Å². The van der Waals surface area contributed by atoms with E-state index in [0.29, 0.717) is 16.8 Å². The lowest BCUT2D eigenvalue weighted by atomic mass is 10.1. The highest BCUT2D eigenvalue weighted by atomic mass is 79.9. The first-order valence-corrected chi connectivity index (χ1v) is 6.71. The first-order chi connectivity index (χ1) is 9.49. The van der Waals surface area contributed by atoms with Gasteiger partial charge in [0, 0.05) is 16.6 Å². The highest BCUT2D eigenvalue weighted by molar-refractivity contribution is 9.10. The first-order valence-electron chi connectivity index (χ1n) is 5.92. The van der Waals surface area contributed by atoms with Crippen molar-refractivity contribution in [1.82, 2.24) is 0 Å². The van der Waals surface area contributed by atoms with E-state index >= 15 is 0 Å². The van der Waals surface area contributed by atoms with Gasteiger partial charge in [-0.2, -0.15) is 5.26 Å². The Morgan fingerprint density at radius 1 is 1.15 bits per heavy atom. The summed E-state index contributed by atoms with van der Waals surface area (Å²) in [5, 5.41) is 12.1. The predicted molar refractivity (Wildman–Crippen MR) is 77.3 cm³/mol. The average molecular weight is 337 g/mol. The second kappa shape index (κ2) is 6.02. The van der Waals surface area contributed by atoms with Crippen LogP contribution in [0.25, 0.3) is 0 Å². The Morgan fingerprint density at radius 2 is 1.80 bits per heavy atom. The van der Waals surface area contributed by atoms with Crippen molar-refractivity contribution in [1.29, 1.82) is 5.26 Å². The lowest BCUT2D eigenvalue weighted by molar-refractivity contribution is 0.577. The van der Waals surface area contributed by atoms with Crippen molar-refractivity contribution in [3.05, 3.63) is 63.6 Å². The molecule has 0 amide bonds. The van der Waals surface area contributed by atoms with Crippen LogP contribution in [0, 0.1) is 23.0 Å². The number of hydrogen-bond donors (Lipinski definition) is 1. The van der Waals surface area contributed by atoms with Gasteiger partial charge >= 0.3 is 0 Å². The molecule has 5 heteroatoms. The number of anilines is 1. The van der Waals surface area contributed by atoms with Crippen LogP contribution in [-0.2, 0) is 0 Å². The van der Waals surface area contributed by atoms with Gasteiger partial charge in [0.25, 0.3) is 0 Å². The van der Waals surface area contributed by atoms with Crippen molar-refractivity contribution in [3.63, 3.8) is 0 Å². The Balaban J connectivity index is 2.30. The topological polar surface area (TPSA) is 35.8 Å². The minimum absolute atomic E-state index is 0.332. The minimum Gasteiger partial charge on any atom is -0.377 e. The van der Waals surface area contributed by atoms with Crippen molar-refractivity contribution in [3.8, 4) is 6.07 Å². The number of halogens is 3. The van der Waals surface area contributed by atoms with Crippen LogP contribution < -0.4 is 5.32 Å². The second-order valence-electron chi connectivity index (χ2n) is 4.37. The van der Waals surface area contributed by atoms with Gasteiger partial charge in [0.1, 0.15) is 17.7 Å². The molecule has 0 radical (unpaired) electrons. The van der Waals surface area contributed by atoms with E-state index in [4.69, 9.17) is 5.26 Å². The van der Waals surface area contributed by atoms with E-state index < -0.39 is 11.6 Å². The molecule has 0 heterocycles. The van der Waals surface area contributed by atoms with Crippen LogP contribution in [0.15, 0.2) is 40.9 Å². The summed E-state index contributed by atoms with van der Waals surface area (Å²) in [6.45, 7) is 1.77. The largest absolute Gasteiger partial charge is 0.377 e. The number of nitriles is 1. The fourth-order valence-electron chi connectivity index (χ4n) is 1.88. The lowest BCUT2D eigenvalue weighted by Gasteiger charge is -2.17. The molecule has 1 atom stereocenters. The molecule has 2 nitrogen and oxygen atoms in total. The maximum atomic E-state index is 13.2. The smallest absolute Gasteiger partial charge is 0.126 e. The van der Waals surface area contributed by atoms with Gasteiger partial charge < -0.3 is 5.32 Å². The summed E-state index contributed by atoms with van der Waals surface area (Å²) < 4.78 is 27.2. The zero-order valence-corrected chi connectivity index (χ0v) is 12.2. The van der Waals surface area contributed by atoms with E-state index in [1.54, 1.807) is 25.1 Å². The van der Waals surface area contributed by atoms with Gasteiger partial charge in [0.05, 0.1) is 11.3 Å². The average Bonchev–Trinajstić information content (AvgIpc) is 2.37. The standard InChI is InChI=1S/C15H11BrF2N2/c1-9(11-4-13(17)7-14(18)5-11)20-15-6-12(16)3-2-10(15)8-19/h2-7,9,20H,1H3. The van der Waals surface area contributed by atoms with Crippen LogP contribution in [0.1, 0.15) is 24.1 Å². The van der Waals surface area contributed by atoms with Crippen molar-refractivity contribution >= 4 is 21.6 Å². The highest BCUT2D eigenvalue weighted by Crippen LogP contribution is 2.26. The van der Waals surface area contributed by atoms with Gasteiger partial charge in [-0.05, 0) is 42.8 Å². The maximum Gasteiger partial charge on any atom is 0.126 e. The molecule has 0 aliphatic rings. The molecule has 1 N–H and O–H groups in total. The third kappa shape index (κ3) is 3.34. The molecule has 0 aromatic heterocycles. The number of rotatable bonds is 3. The molecular weight excluding hydrogens is 326 g/mol. The summed E-state index contributed by atoms with van der Waals surface area (Å²) in [6.07, 6.45) is 0. The number of benzene rings is 2. The van der Waals surface area contributed by atoms with E-state index in [9.17, 15) is 8.78 Å². The predicted octanol–water partition coefficient (Wildman–Crippen LogP) is 4.77. The lowest BCUT2D eigenvalue weighted by Crippen LogP contribution is -2.08. The monoisotopic (exact) mass is 336 g/mol. The molecular formula is C15H11BrF2N2. The zero-order chi connectivity index (χ0) is 14.7. The molecule has 0 saturated carbocycles. The molecule has 0 bridgehead atoms. The van der Waals surface area contributed by atoms with Crippen molar-refractivity contribution in [2.45, 2.75) is 13.0 Å². The molecule has 0 saturated heterocycles. The number of nitrogens with zero attached hydrogens (tertiary/aromatic N) is 1. The summed E-state index contributed by atoms with van der Waals surface area (Å²) in [4.78, 5) is 0. The molecule has 2 aromatic rings. The second-order valence-corrected chi connectivity index (χ2v) is 5.29. The molecule has 0 fully saturated rings. The van der Waals surface area contributed by atoms with E-state index in [1.165, 1.54) is 12.1 Å². The van der Waals surface area contributed by atoms with Crippen LogP contribution in [0.5, 0.6) is 0 Å². The molecule has 2 aromatic carbocycles. The van der Waals surface area contributed by atoms with Gasteiger partial charge in [0.15, 0.2) is 0 Å². The Labute approximate surface area is 124 Å². The van der Waals surface area contributed by atoms with Gasteiger partial charge in [0.2, 0.25) is 0 Å². The molecule has 102 valence electrons. The number of hydrogen-bond acceptors (Lipinski definition) is 2. The van der Waals surface area contributed by atoms with Crippen molar-refractivity contribution < 1.29 is 8.78 Å². The summed E-state index contributed by atoms with van der Waals surface area (Å²) in [6, 6.07) is 10.3. The van der Waals surface area contributed by atoms with Crippen LogP contribution in [-0.4, -0.2) is 0 Å². The summed E-state index contributed by atoms with van der Waals surface area (Å²) in [7, 11) is 0. The highest BCUT2D eigenvalue weighted by Gasteiger charge is 2.11. The Hall–Kier alpha value is -1.93. The summed E-state index contributed by atoms with van der Waals surface area (Å²) >= 11 is 3.33. The third-order valence-corrected chi connectivity index (χ3v) is 3.35. The normalized spacial score (nSPS) is 11.8. The molecule has 0 aliphatic heterocycles. The van der Waals surface area contributed by atoms with Gasteiger partial charge in [-0.3, -0.25) is 0 Å². The van der Waals surface area contributed by atoms with Crippen molar-refractivity contribution in [2.75, 3.05) is 5.32 Å². The third-order valence-electron chi connectivity index (χ3n) is 2.86.